The van der Waals surface area contributed by atoms with E-state index in [0.29, 0.717) is 36.4 Å². The van der Waals surface area contributed by atoms with Crippen LogP contribution in [-0.4, -0.2) is 55.6 Å². The zero-order valence-corrected chi connectivity index (χ0v) is 17.9. The molecule has 2 aromatic carbocycles. The van der Waals surface area contributed by atoms with Crippen LogP contribution in [0.25, 0.3) is 11.1 Å². The van der Waals surface area contributed by atoms with Crippen molar-refractivity contribution in [1.82, 2.24) is 15.5 Å². The molecule has 166 valence electrons. The molecule has 4 rings (SSSR count). The molecule has 2 aliphatic rings. The topological polar surface area (TPSA) is 94.5 Å². The third kappa shape index (κ3) is 4.64. The summed E-state index contributed by atoms with van der Waals surface area (Å²) in [4.78, 5) is 26.1. The number of carbonyl (C=O) groups excluding carboxylic acids is 2. The lowest BCUT2D eigenvalue weighted by Crippen LogP contribution is -2.46. The van der Waals surface area contributed by atoms with Crippen molar-refractivity contribution >= 4 is 11.8 Å². The van der Waals surface area contributed by atoms with Crippen molar-refractivity contribution in [3.63, 3.8) is 0 Å². The summed E-state index contributed by atoms with van der Waals surface area (Å²) in [6.45, 7) is 2.17. The molecule has 2 atom stereocenters. The van der Waals surface area contributed by atoms with E-state index in [1.54, 1.807) is 30.1 Å². The monoisotopic (exact) mass is 436 g/mol. The van der Waals surface area contributed by atoms with Crippen molar-refractivity contribution in [3.05, 3.63) is 58.9 Å². The summed E-state index contributed by atoms with van der Waals surface area (Å²) >= 11 is 0. The number of benzene rings is 2. The Morgan fingerprint density at radius 1 is 1.34 bits per heavy atom. The molecule has 7 nitrogen and oxygen atoms in total. The van der Waals surface area contributed by atoms with Gasteiger partial charge in [0.05, 0.1) is 6.07 Å². The molecule has 2 heterocycles. The fourth-order valence-corrected chi connectivity index (χ4v) is 4.03. The van der Waals surface area contributed by atoms with Crippen LogP contribution < -0.4 is 10.6 Å². The third-order valence-electron chi connectivity index (χ3n) is 5.81. The molecular formula is C24H25FN4O3. The molecule has 1 fully saturated rings. The van der Waals surface area contributed by atoms with Gasteiger partial charge in [0.2, 0.25) is 0 Å². The Hall–Kier alpha value is -3.28. The van der Waals surface area contributed by atoms with Crippen LogP contribution in [0.1, 0.15) is 27.9 Å². The summed E-state index contributed by atoms with van der Waals surface area (Å²) in [7, 11) is 1.75. The van der Waals surface area contributed by atoms with Gasteiger partial charge in [-0.2, -0.15) is 5.26 Å². The highest BCUT2D eigenvalue weighted by atomic mass is 19.1. The molecule has 0 saturated carbocycles. The van der Waals surface area contributed by atoms with Gasteiger partial charge >= 0.3 is 0 Å². The Balaban J connectivity index is 1.45. The quantitative estimate of drug-likeness (QED) is 0.748. The molecule has 2 N–H and O–H groups in total. The van der Waals surface area contributed by atoms with Gasteiger partial charge in [0, 0.05) is 38.7 Å². The van der Waals surface area contributed by atoms with Gasteiger partial charge in [-0.3, -0.25) is 9.59 Å². The van der Waals surface area contributed by atoms with Gasteiger partial charge in [-0.15, -0.1) is 0 Å². The summed E-state index contributed by atoms with van der Waals surface area (Å²) in [6, 6.07) is 11.5. The molecule has 0 aliphatic carbocycles. The van der Waals surface area contributed by atoms with Gasteiger partial charge in [-0.05, 0) is 53.4 Å². The second kappa shape index (κ2) is 9.47. The van der Waals surface area contributed by atoms with Gasteiger partial charge in [0.25, 0.3) is 11.8 Å². The zero-order valence-electron chi connectivity index (χ0n) is 17.9. The van der Waals surface area contributed by atoms with Crippen molar-refractivity contribution in [2.24, 2.45) is 0 Å². The van der Waals surface area contributed by atoms with Gasteiger partial charge < -0.3 is 20.3 Å². The number of carbonyl (C=O) groups is 2. The molecule has 1 unspecified atom stereocenters. The van der Waals surface area contributed by atoms with Crippen LogP contribution in [-0.2, 0) is 22.5 Å². The standard InChI is InChI=1S/C24H25FN4O3/c1-29-14-18-9-15(5-6-20(18)24(29)31)16-3-4-17(21(25)11-16)10-19(12-26)28-23(30)22-13-27-7-2-8-32-22/h3-6,9,11,19,22,27H,2,7-8,10,13-14H2,1H3,(H,28,30)/t19?,22-/m0/s1. The number of ether oxygens (including phenoxy) is 1. The number of amides is 2. The summed E-state index contributed by atoms with van der Waals surface area (Å²) < 4.78 is 20.4. The van der Waals surface area contributed by atoms with Crippen LogP contribution in [0, 0.1) is 17.1 Å². The molecular weight excluding hydrogens is 411 g/mol. The molecule has 2 aliphatic heterocycles. The lowest BCUT2D eigenvalue weighted by Gasteiger charge is -2.18. The average molecular weight is 436 g/mol. The van der Waals surface area contributed by atoms with E-state index in [9.17, 15) is 19.2 Å². The first-order valence-corrected chi connectivity index (χ1v) is 10.7. The van der Waals surface area contributed by atoms with Crippen molar-refractivity contribution in [2.45, 2.75) is 31.5 Å². The molecule has 8 heteroatoms. The summed E-state index contributed by atoms with van der Waals surface area (Å²) in [5, 5.41) is 15.2. The second-order valence-electron chi connectivity index (χ2n) is 8.15. The molecule has 0 aromatic heterocycles. The Morgan fingerprint density at radius 2 is 2.12 bits per heavy atom. The fourth-order valence-electron chi connectivity index (χ4n) is 4.03. The smallest absolute Gasteiger partial charge is 0.254 e. The summed E-state index contributed by atoms with van der Waals surface area (Å²) in [5.41, 5.74) is 3.44. The molecule has 2 amide bonds. The van der Waals surface area contributed by atoms with Crippen LogP contribution in [0.5, 0.6) is 0 Å². The minimum atomic E-state index is -0.865. The molecule has 32 heavy (non-hydrogen) atoms. The first-order chi connectivity index (χ1) is 15.5. The maximum absolute atomic E-state index is 14.9. The number of rotatable bonds is 5. The second-order valence-corrected chi connectivity index (χ2v) is 8.15. The number of nitrogens with one attached hydrogen (secondary N) is 2. The third-order valence-corrected chi connectivity index (χ3v) is 5.81. The van der Waals surface area contributed by atoms with Gasteiger partial charge in [0.1, 0.15) is 18.0 Å². The first-order valence-electron chi connectivity index (χ1n) is 10.7. The van der Waals surface area contributed by atoms with Crippen molar-refractivity contribution in [2.75, 3.05) is 26.7 Å². The van der Waals surface area contributed by atoms with Crippen molar-refractivity contribution < 1.29 is 18.7 Å². The van der Waals surface area contributed by atoms with E-state index in [4.69, 9.17) is 4.74 Å². The van der Waals surface area contributed by atoms with E-state index in [0.717, 1.165) is 24.1 Å². The van der Waals surface area contributed by atoms with E-state index >= 15 is 0 Å². The Kier molecular flexibility index (Phi) is 6.49. The normalized spacial score (nSPS) is 19.1. The van der Waals surface area contributed by atoms with Crippen molar-refractivity contribution in [1.29, 1.82) is 5.26 Å². The number of halogens is 1. The number of fused-ring (bicyclic) bond motifs is 1. The molecule has 0 bridgehead atoms. The SMILES string of the molecule is CN1Cc2cc(-c3ccc(CC(C#N)NC(=O)[C@@H]4CNCCCO4)c(F)c3)ccc2C1=O. The lowest BCUT2D eigenvalue weighted by molar-refractivity contribution is -0.132. The molecule has 0 radical (unpaired) electrons. The highest BCUT2D eigenvalue weighted by Gasteiger charge is 2.25. The lowest BCUT2D eigenvalue weighted by atomic mass is 9.97. The zero-order chi connectivity index (χ0) is 22.7. The number of hydrogen-bond acceptors (Lipinski definition) is 5. The first kappa shape index (κ1) is 21.9. The van der Waals surface area contributed by atoms with E-state index in [-0.39, 0.29) is 18.2 Å². The van der Waals surface area contributed by atoms with Gasteiger partial charge in [-0.1, -0.05) is 18.2 Å². The predicted octanol–water partition coefficient (Wildman–Crippen LogP) is 2.01. The number of nitrogens with zero attached hydrogens (tertiary/aromatic N) is 2. The highest BCUT2D eigenvalue weighted by Crippen LogP contribution is 2.29. The van der Waals surface area contributed by atoms with E-state index in [1.807, 2.05) is 18.2 Å². The summed E-state index contributed by atoms with van der Waals surface area (Å²) in [6.07, 6.45) is 0.212. The van der Waals surface area contributed by atoms with Crippen LogP contribution in [0.2, 0.25) is 0 Å². The minimum Gasteiger partial charge on any atom is -0.367 e. The highest BCUT2D eigenvalue weighted by molar-refractivity contribution is 5.98. The van der Waals surface area contributed by atoms with Crippen LogP contribution in [0.3, 0.4) is 0 Å². The van der Waals surface area contributed by atoms with Crippen LogP contribution >= 0.6 is 0 Å². The summed E-state index contributed by atoms with van der Waals surface area (Å²) in [5.74, 6) is -0.832. The van der Waals surface area contributed by atoms with Crippen molar-refractivity contribution in [3.8, 4) is 17.2 Å². The van der Waals surface area contributed by atoms with E-state index in [2.05, 4.69) is 10.6 Å². The van der Waals surface area contributed by atoms with Gasteiger partial charge in [-0.25, -0.2) is 4.39 Å². The number of hydrogen-bond donors (Lipinski definition) is 2. The maximum atomic E-state index is 14.9. The van der Waals surface area contributed by atoms with Gasteiger partial charge in [0.15, 0.2) is 0 Å². The molecule has 1 saturated heterocycles. The Labute approximate surface area is 186 Å². The Bertz CT molecular complexity index is 1070. The molecule has 2 aromatic rings. The predicted molar refractivity (Wildman–Crippen MR) is 116 cm³/mol. The van der Waals surface area contributed by atoms with E-state index in [1.165, 1.54) is 6.07 Å². The van der Waals surface area contributed by atoms with Crippen LogP contribution in [0.4, 0.5) is 4.39 Å². The molecule has 0 spiro atoms. The van der Waals surface area contributed by atoms with E-state index < -0.39 is 18.0 Å². The largest absolute Gasteiger partial charge is 0.367 e. The minimum absolute atomic E-state index is 0.0114. The Morgan fingerprint density at radius 3 is 2.91 bits per heavy atom. The van der Waals surface area contributed by atoms with Crippen LogP contribution in [0.15, 0.2) is 36.4 Å². The maximum Gasteiger partial charge on any atom is 0.254 e. The number of nitriles is 1. The fraction of sp³-hybridized carbons (Fsp3) is 0.375. The average Bonchev–Trinajstić information content (AvgIpc) is 2.97.